The molecule has 3 nitrogen and oxygen atoms in total. The largest absolute Gasteiger partial charge is 0.396 e. The van der Waals surface area contributed by atoms with Crippen molar-refractivity contribution in [3.63, 3.8) is 0 Å². The van der Waals surface area contributed by atoms with Gasteiger partial charge in [0.05, 0.1) is 0 Å². The summed E-state index contributed by atoms with van der Waals surface area (Å²) in [4.78, 5) is 2.54. The molecular formula is C17H36N2O. The van der Waals surface area contributed by atoms with E-state index in [1.807, 2.05) is 0 Å². The summed E-state index contributed by atoms with van der Waals surface area (Å²) in [6.45, 7) is 15.2. The normalized spacial score (nSPS) is 25.8. The number of aliphatic hydroxyl groups excluding tert-OH is 1. The Labute approximate surface area is 126 Å². The lowest BCUT2D eigenvalue weighted by Crippen LogP contribution is -2.47. The van der Waals surface area contributed by atoms with Gasteiger partial charge < -0.3 is 15.3 Å². The Morgan fingerprint density at radius 1 is 1.35 bits per heavy atom. The van der Waals surface area contributed by atoms with Crippen molar-refractivity contribution in [1.82, 2.24) is 10.2 Å². The van der Waals surface area contributed by atoms with Crippen molar-refractivity contribution in [3.05, 3.63) is 0 Å². The van der Waals surface area contributed by atoms with Crippen LogP contribution < -0.4 is 5.32 Å². The van der Waals surface area contributed by atoms with Crippen LogP contribution in [0.25, 0.3) is 0 Å². The molecule has 0 radical (unpaired) electrons. The second kappa shape index (κ2) is 8.35. The fourth-order valence-corrected chi connectivity index (χ4v) is 3.59. The molecule has 0 aromatic heterocycles. The smallest absolute Gasteiger partial charge is 0.0443 e. The van der Waals surface area contributed by atoms with Crippen LogP contribution >= 0.6 is 0 Å². The Bertz CT molecular complexity index is 266. The topological polar surface area (TPSA) is 35.5 Å². The molecule has 1 aliphatic carbocycles. The molecule has 0 heterocycles. The highest BCUT2D eigenvalue weighted by atomic mass is 16.3. The Hall–Kier alpha value is -0.120. The highest BCUT2D eigenvalue weighted by Gasteiger charge is 2.41. The molecule has 2 unspecified atom stereocenters. The van der Waals surface area contributed by atoms with Gasteiger partial charge in [-0.05, 0) is 57.4 Å². The third kappa shape index (κ3) is 5.01. The van der Waals surface area contributed by atoms with Crippen LogP contribution in [0.2, 0.25) is 0 Å². The van der Waals surface area contributed by atoms with E-state index in [1.54, 1.807) is 0 Å². The molecule has 2 N–H and O–H groups in total. The quantitative estimate of drug-likeness (QED) is 0.683. The Morgan fingerprint density at radius 3 is 2.60 bits per heavy atom. The average Bonchev–Trinajstić information content (AvgIpc) is 2.66. The first-order valence-corrected chi connectivity index (χ1v) is 8.50. The molecule has 0 saturated heterocycles. The maximum Gasteiger partial charge on any atom is 0.0443 e. The molecule has 0 aromatic rings. The van der Waals surface area contributed by atoms with Gasteiger partial charge in [0.1, 0.15) is 0 Å². The molecule has 1 aliphatic rings. The number of nitrogens with zero attached hydrogens (tertiary/aromatic N) is 1. The Balaban J connectivity index is 2.62. The van der Waals surface area contributed by atoms with E-state index < -0.39 is 0 Å². The fourth-order valence-electron chi connectivity index (χ4n) is 3.59. The zero-order valence-corrected chi connectivity index (χ0v) is 14.3. The second-order valence-corrected chi connectivity index (χ2v) is 7.38. The van der Waals surface area contributed by atoms with Crippen molar-refractivity contribution >= 4 is 0 Å². The zero-order valence-electron chi connectivity index (χ0n) is 14.3. The van der Waals surface area contributed by atoms with Crippen molar-refractivity contribution in [2.45, 2.75) is 72.4 Å². The molecule has 0 aliphatic heterocycles. The summed E-state index contributed by atoms with van der Waals surface area (Å²) in [5, 5.41) is 12.9. The minimum Gasteiger partial charge on any atom is -0.396 e. The third-order valence-electron chi connectivity index (χ3n) is 4.89. The number of hydrogen-bond donors (Lipinski definition) is 2. The lowest BCUT2D eigenvalue weighted by molar-refractivity contribution is 0.144. The van der Waals surface area contributed by atoms with Gasteiger partial charge in [0.25, 0.3) is 0 Å². The Kier molecular flexibility index (Phi) is 7.49. The highest BCUT2D eigenvalue weighted by Crippen LogP contribution is 2.41. The summed E-state index contributed by atoms with van der Waals surface area (Å²) in [7, 11) is 0. The van der Waals surface area contributed by atoms with Crippen LogP contribution in [0.4, 0.5) is 0 Å². The van der Waals surface area contributed by atoms with Gasteiger partial charge in [-0.2, -0.15) is 0 Å². The van der Waals surface area contributed by atoms with E-state index in [9.17, 15) is 0 Å². The number of rotatable bonds is 9. The van der Waals surface area contributed by atoms with Gasteiger partial charge >= 0.3 is 0 Å². The summed E-state index contributed by atoms with van der Waals surface area (Å²) < 4.78 is 0. The first kappa shape index (κ1) is 17.9. The van der Waals surface area contributed by atoms with Crippen LogP contribution in [0.15, 0.2) is 0 Å². The van der Waals surface area contributed by atoms with E-state index in [1.165, 1.54) is 25.8 Å². The molecule has 0 amide bonds. The standard InChI is InChI=1S/C17H36N2O/c1-6-10-18-16-15(8-9-17(16,4)5)13-19(14(2)3)11-7-12-20/h14-16,18,20H,6-13H2,1-5H3. The van der Waals surface area contributed by atoms with E-state index >= 15 is 0 Å². The first-order valence-electron chi connectivity index (χ1n) is 8.50. The van der Waals surface area contributed by atoms with Crippen LogP contribution in [0.1, 0.15) is 60.3 Å². The summed E-state index contributed by atoms with van der Waals surface area (Å²) in [5.74, 6) is 0.748. The van der Waals surface area contributed by atoms with Gasteiger partial charge in [0.15, 0.2) is 0 Å². The summed E-state index contributed by atoms with van der Waals surface area (Å²) in [6, 6.07) is 1.20. The van der Waals surface area contributed by atoms with E-state index in [0.717, 1.165) is 25.4 Å². The Morgan fingerprint density at radius 2 is 2.05 bits per heavy atom. The van der Waals surface area contributed by atoms with Crippen LogP contribution in [0.5, 0.6) is 0 Å². The number of hydrogen-bond acceptors (Lipinski definition) is 3. The predicted molar refractivity (Wildman–Crippen MR) is 87.0 cm³/mol. The average molecular weight is 284 g/mol. The first-order chi connectivity index (χ1) is 9.42. The number of nitrogens with one attached hydrogen (secondary N) is 1. The maximum absolute atomic E-state index is 9.07. The van der Waals surface area contributed by atoms with Gasteiger partial charge in [0, 0.05) is 31.8 Å². The van der Waals surface area contributed by atoms with Crippen LogP contribution in [0.3, 0.4) is 0 Å². The molecule has 20 heavy (non-hydrogen) atoms. The number of aliphatic hydroxyl groups is 1. The molecule has 1 rings (SSSR count). The third-order valence-corrected chi connectivity index (χ3v) is 4.89. The SMILES string of the molecule is CCCNC1C(CN(CCCO)C(C)C)CCC1(C)C. The predicted octanol–water partition coefficient (Wildman–Crippen LogP) is 2.88. The lowest BCUT2D eigenvalue weighted by Gasteiger charge is -2.36. The molecular weight excluding hydrogens is 248 g/mol. The van der Waals surface area contributed by atoms with E-state index in [0.29, 0.717) is 24.1 Å². The van der Waals surface area contributed by atoms with E-state index in [-0.39, 0.29) is 0 Å². The van der Waals surface area contributed by atoms with Gasteiger partial charge in [-0.15, -0.1) is 0 Å². The molecule has 3 heteroatoms. The fraction of sp³-hybridized carbons (Fsp3) is 1.00. The molecule has 0 aromatic carbocycles. The molecule has 0 bridgehead atoms. The van der Waals surface area contributed by atoms with E-state index in [4.69, 9.17) is 5.11 Å². The lowest BCUT2D eigenvalue weighted by atomic mass is 9.84. The van der Waals surface area contributed by atoms with Crippen molar-refractivity contribution in [3.8, 4) is 0 Å². The molecule has 120 valence electrons. The van der Waals surface area contributed by atoms with Gasteiger partial charge in [-0.1, -0.05) is 20.8 Å². The summed E-state index contributed by atoms with van der Waals surface area (Å²) >= 11 is 0. The zero-order chi connectivity index (χ0) is 15.2. The molecule has 0 spiro atoms. The maximum atomic E-state index is 9.07. The minimum absolute atomic E-state index is 0.302. The van der Waals surface area contributed by atoms with Crippen molar-refractivity contribution in [2.24, 2.45) is 11.3 Å². The van der Waals surface area contributed by atoms with Crippen LogP contribution in [-0.4, -0.2) is 48.3 Å². The summed E-state index contributed by atoms with van der Waals surface area (Å²) in [5.41, 5.74) is 0.416. The van der Waals surface area contributed by atoms with Crippen molar-refractivity contribution < 1.29 is 5.11 Å². The van der Waals surface area contributed by atoms with Gasteiger partial charge in [-0.25, -0.2) is 0 Å². The van der Waals surface area contributed by atoms with Crippen molar-refractivity contribution in [1.29, 1.82) is 0 Å². The van der Waals surface area contributed by atoms with Gasteiger partial charge in [0.2, 0.25) is 0 Å². The van der Waals surface area contributed by atoms with Crippen molar-refractivity contribution in [2.75, 3.05) is 26.2 Å². The van der Waals surface area contributed by atoms with Crippen LogP contribution in [-0.2, 0) is 0 Å². The minimum atomic E-state index is 0.302. The molecule has 2 atom stereocenters. The van der Waals surface area contributed by atoms with Gasteiger partial charge in [-0.3, -0.25) is 0 Å². The van der Waals surface area contributed by atoms with E-state index in [2.05, 4.69) is 44.8 Å². The molecule has 1 saturated carbocycles. The summed E-state index contributed by atoms with van der Waals surface area (Å²) in [6.07, 6.45) is 4.75. The van der Waals surface area contributed by atoms with Crippen LogP contribution in [0, 0.1) is 11.3 Å². The second-order valence-electron chi connectivity index (χ2n) is 7.38. The monoisotopic (exact) mass is 284 g/mol. The molecule has 1 fully saturated rings. The highest BCUT2D eigenvalue weighted by molar-refractivity contribution is 4.97.